The van der Waals surface area contributed by atoms with Crippen LogP contribution in [0.2, 0.25) is 0 Å². The van der Waals surface area contributed by atoms with E-state index in [0.29, 0.717) is 17.1 Å². The highest BCUT2D eigenvalue weighted by Gasteiger charge is 2.31. The zero-order valence-corrected chi connectivity index (χ0v) is 18.0. The van der Waals surface area contributed by atoms with E-state index in [1.165, 1.54) is 4.90 Å². The van der Waals surface area contributed by atoms with Gasteiger partial charge in [-0.15, -0.1) is 0 Å². The van der Waals surface area contributed by atoms with Gasteiger partial charge in [-0.05, 0) is 30.7 Å². The minimum atomic E-state index is -0.862. The van der Waals surface area contributed by atoms with Crippen LogP contribution in [0.25, 0.3) is 11.3 Å². The zero-order valence-electron chi connectivity index (χ0n) is 16.4. The lowest BCUT2D eigenvalue weighted by Gasteiger charge is -2.20. The van der Waals surface area contributed by atoms with Crippen LogP contribution >= 0.6 is 15.9 Å². The van der Waals surface area contributed by atoms with E-state index in [0.717, 1.165) is 15.6 Å². The van der Waals surface area contributed by atoms with Gasteiger partial charge in [-0.2, -0.15) is 0 Å². The summed E-state index contributed by atoms with van der Waals surface area (Å²) in [5.74, 6) is -0.242. The molecule has 1 N–H and O–H groups in total. The molecule has 1 aliphatic rings. The number of benzene rings is 2. The second kappa shape index (κ2) is 8.23. The number of aryl methyl sites for hydroxylation is 1. The highest BCUT2D eigenvalue weighted by Crippen LogP contribution is 2.33. The summed E-state index contributed by atoms with van der Waals surface area (Å²) in [4.78, 5) is 35.8. The van der Waals surface area contributed by atoms with Gasteiger partial charge in [0, 0.05) is 23.3 Å². The predicted molar refractivity (Wildman–Crippen MR) is 117 cm³/mol. The van der Waals surface area contributed by atoms with E-state index in [-0.39, 0.29) is 18.3 Å². The third-order valence-electron chi connectivity index (χ3n) is 4.84. The summed E-state index contributed by atoms with van der Waals surface area (Å²) in [6.07, 6.45) is 1.61. The molecule has 30 heavy (non-hydrogen) atoms. The molecule has 1 aliphatic heterocycles. The molecule has 4 rings (SSSR count). The zero-order chi connectivity index (χ0) is 21.3. The first-order valence-electron chi connectivity index (χ1n) is 9.34. The lowest BCUT2D eigenvalue weighted by Crippen LogP contribution is -2.49. The van der Waals surface area contributed by atoms with Gasteiger partial charge < -0.3 is 15.0 Å². The summed E-state index contributed by atoms with van der Waals surface area (Å²) in [7, 11) is 1.65. The van der Waals surface area contributed by atoms with Crippen LogP contribution in [0.3, 0.4) is 0 Å². The van der Waals surface area contributed by atoms with Crippen molar-refractivity contribution < 1.29 is 14.3 Å². The minimum absolute atomic E-state index is 0.000545. The average Bonchev–Trinajstić information content (AvgIpc) is 2.87. The number of aromatic nitrogens is 2. The molecule has 8 heteroatoms. The Morgan fingerprint density at radius 2 is 2.00 bits per heavy atom. The molecule has 0 bridgehead atoms. The lowest BCUT2D eigenvalue weighted by atomic mass is 10.1. The maximum absolute atomic E-state index is 12.9. The number of carbonyl (C=O) groups excluding carboxylic acids is 2. The van der Waals surface area contributed by atoms with Crippen molar-refractivity contribution in [2.24, 2.45) is 0 Å². The highest BCUT2D eigenvalue weighted by molar-refractivity contribution is 9.10. The third kappa shape index (κ3) is 3.91. The first kappa shape index (κ1) is 20.0. The maximum atomic E-state index is 12.9. The molecule has 0 saturated carbocycles. The molecular weight excluding hydrogens is 448 g/mol. The number of ether oxygens (including phenoxy) is 1. The molecule has 0 radical (unpaired) electrons. The fraction of sp³-hybridized carbons (Fsp3) is 0.182. The van der Waals surface area contributed by atoms with Crippen molar-refractivity contribution >= 4 is 33.4 Å². The molecular formula is C22H19BrN4O3. The van der Waals surface area contributed by atoms with Crippen molar-refractivity contribution in [2.75, 3.05) is 18.6 Å². The predicted octanol–water partition coefficient (Wildman–Crippen LogP) is 3.37. The van der Waals surface area contributed by atoms with Crippen LogP contribution in [-0.2, 0) is 4.79 Å². The van der Waals surface area contributed by atoms with Crippen LogP contribution in [0.15, 0.2) is 59.2 Å². The number of carbonyl (C=O) groups is 2. The van der Waals surface area contributed by atoms with Crippen molar-refractivity contribution in [3.63, 3.8) is 0 Å². The number of halogens is 1. The highest BCUT2D eigenvalue weighted by atomic mass is 79.9. The molecule has 2 heterocycles. The number of hydrogen-bond donors (Lipinski definition) is 1. The molecule has 0 fully saturated rings. The van der Waals surface area contributed by atoms with Gasteiger partial charge in [0.15, 0.2) is 0 Å². The van der Waals surface area contributed by atoms with Gasteiger partial charge in [0.2, 0.25) is 5.82 Å². The quantitative estimate of drug-likeness (QED) is 0.639. The SMILES string of the molecule is Cc1cnc(C(=O)N[C@H]2COc3ccc(Br)cc3N(C)C2=O)nc1-c1ccccc1. The van der Waals surface area contributed by atoms with Gasteiger partial charge >= 0.3 is 0 Å². The first-order chi connectivity index (χ1) is 14.4. The van der Waals surface area contributed by atoms with E-state index < -0.39 is 11.9 Å². The second-order valence-corrected chi connectivity index (χ2v) is 7.85. The number of likely N-dealkylation sites (N-methyl/N-ethyl adjacent to an activating group) is 1. The monoisotopic (exact) mass is 466 g/mol. The van der Waals surface area contributed by atoms with Crippen molar-refractivity contribution in [1.82, 2.24) is 15.3 Å². The molecule has 0 spiro atoms. The number of hydrogen-bond acceptors (Lipinski definition) is 5. The van der Waals surface area contributed by atoms with E-state index >= 15 is 0 Å². The molecule has 152 valence electrons. The van der Waals surface area contributed by atoms with Crippen molar-refractivity contribution in [1.29, 1.82) is 0 Å². The first-order valence-corrected chi connectivity index (χ1v) is 10.1. The van der Waals surface area contributed by atoms with E-state index in [1.54, 1.807) is 25.4 Å². The number of fused-ring (bicyclic) bond motifs is 1. The molecule has 0 unspecified atom stereocenters. The van der Waals surface area contributed by atoms with Gasteiger partial charge in [0.25, 0.3) is 11.8 Å². The Morgan fingerprint density at radius 3 is 2.77 bits per heavy atom. The number of nitrogens with zero attached hydrogens (tertiary/aromatic N) is 3. The van der Waals surface area contributed by atoms with E-state index in [4.69, 9.17) is 4.74 Å². The third-order valence-corrected chi connectivity index (χ3v) is 5.34. The van der Waals surface area contributed by atoms with Crippen molar-refractivity contribution in [2.45, 2.75) is 13.0 Å². The molecule has 0 saturated heterocycles. The van der Waals surface area contributed by atoms with Gasteiger partial charge in [0.05, 0.1) is 11.4 Å². The smallest absolute Gasteiger partial charge is 0.289 e. The summed E-state index contributed by atoms with van der Waals surface area (Å²) in [5.41, 5.74) is 3.05. The Balaban J connectivity index is 1.57. The van der Waals surface area contributed by atoms with E-state index in [1.807, 2.05) is 43.3 Å². The molecule has 2 amide bonds. The fourth-order valence-electron chi connectivity index (χ4n) is 3.24. The maximum Gasteiger partial charge on any atom is 0.289 e. The van der Waals surface area contributed by atoms with Crippen molar-refractivity contribution in [3.05, 3.63) is 70.6 Å². The molecule has 3 aromatic rings. The topological polar surface area (TPSA) is 84.4 Å². The number of nitrogens with one attached hydrogen (secondary N) is 1. The summed E-state index contributed by atoms with van der Waals surface area (Å²) >= 11 is 3.40. The lowest BCUT2D eigenvalue weighted by molar-refractivity contribution is -0.120. The summed E-state index contributed by atoms with van der Waals surface area (Å²) in [6.45, 7) is 1.90. The van der Waals surface area contributed by atoms with E-state index in [2.05, 4.69) is 31.2 Å². The molecule has 1 aromatic heterocycles. The van der Waals surface area contributed by atoms with Crippen molar-refractivity contribution in [3.8, 4) is 17.0 Å². The van der Waals surface area contributed by atoms with Gasteiger partial charge in [-0.1, -0.05) is 46.3 Å². The summed E-state index contributed by atoms with van der Waals surface area (Å²) < 4.78 is 6.59. The van der Waals surface area contributed by atoms with Crippen LogP contribution in [0.5, 0.6) is 5.75 Å². The van der Waals surface area contributed by atoms with Crippen LogP contribution in [0, 0.1) is 6.92 Å². The number of anilines is 1. The Kier molecular flexibility index (Phi) is 5.50. The second-order valence-electron chi connectivity index (χ2n) is 6.94. The molecule has 2 aromatic carbocycles. The average molecular weight is 467 g/mol. The Hall–Kier alpha value is -3.26. The molecule has 0 aliphatic carbocycles. The van der Waals surface area contributed by atoms with Crippen LogP contribution in [0.1, 0.15) is 16.2 Å². The molecule has 1 atom stereocenters. The van der Waals surface area contributed by atoms with Crippen LogP contribution in [0.4, 0.5) is 5.69 Å². The normalized spacial score (nSPS) is 15.8. The summed E-state index contributed by atoms with van der Waals surface area (Å²) in [5, 5.41) is 2.71. The largest absolute Gasteiger partial charge is 0.489 e. The number of amides is 2. The minimum Gasteiger partial charge on any atom is -0.489 e. The van der Waals surface area contributed by atoms with Gasteiger partial charge in [0.1, 0.15) is 18.4 Å². The summed E-state index contributed by atoms with van der Waals surface area (Å²) in [6, 6.07) is 14.1. The Bertz CT molecular complexity index is 1120. The van der Waals surface area contributed by atoms with Crippen LogP contribution < -0.4 is 15.0 Å². The van der Waals surface area contributed by atoms with Crippen LogP contribution in [-0.4, -0.2) is 41.5 Å². The Labute approximate surface area is 182 Å². The van der Waals surface area contributed by atoms with Gasteiger partial charge in [-0.25, -0.2) is 9.97 Å². The standard InChI is InChI=1S/C22H19BrN4O3/c1-13-11-24-20(26-19(13)14-6-4-3-5-7-14)21(28)25-16-12-30-18-9-8-15(23)10-17(18)27(2)22(16)29/h3-11,16H,12H2,1-2H3,(H,25,28)/t16-/m0/s1. The fourth-order valence-corrected chi connectivity index (χ4v) is 3.59. The van der Waals surface area contributed by atoms with E-state index in [9.17, 15) is 9.59 Å². The Morgan fingerprint density at radius 1 is 1.23 bits per heavy atom. The molecule has 7 nitrogen and oxygen atoms in total. The number of rotatable bonds is 3. The van der Waals surface area contributed by atoms with Gasteiger partial charge in [-0.3, -0.25) is 9.59 Å².